The van der Waals surface area contributed by atoms with Crippen molar-refractivity contribution in [3.63, 3.8) is 0 Å². The van der Waals surface area contributed by atoms with E-state index in [9.17, 15) is 0 Å². The highest BCUT2D eigenvalue weighted by atomic mass is 16.5. The second-order valence-electron chi connectivity index (χ2n) is 2.20. The molecule has 1 aliphatic heterocycles. The molecule has 0 aliphatic carbocycles. The number of hydrogen-bond acceptors (Lipinski definition) is 2. The first-order valence-electron chi connectivity index (χ1n) is 4.34. The summed E-state index contributed by atoms with van der Waals surface area (Å²) in [6.07, 6.45) is 3.33. The molecule has 2 heteroatoms. The lowest BCUT2D eigenvalue weighted by Gasteiger charge is -2.20. The Balaban J connectivity index is 0.000000671. The maximum absolute atomic E-state index is 5.27. The van der Waals surface area contributed by atoms with Crippen molar-refractivity contribution in [3.05, 3.63) is 49.0 Å². The Morgan fingerprint density at radius 3 is 2.38 bits per heavy atom. The Morgan fingerprint density at radius 2 is 1.92 bits per heavy atom. The van der Waals surface area contributed by atoms with Crippen molar-refractivity contribution in [2.75, 3.05) is 6.61 Å². The highest BCUT2D eigenvalue weighted by Crippen LogP contribution is 2.13. The van der Waals surface area contributed by atoms with E-state index in [1.54, 1.807) is 12.2 Å². The van der Waals surface area contributed by atoms with E-state index in [0.29, 0.717) is 6.61 Å². The van der Waals surface area contributed by atoms with Crippen LogP contribution in [-0.2, 0) is 4.74 Å². The minimum Gasteiger partial charge on any atom is -0.485 e. The van der Waals surface area contributed by atoms with Crippen LogP contribution in [0.4, 0.5) is 0 Å². The SMILES string of the molecule is C=CC1=C(C=C)OCC(=C)N1.CC. The minimum atomic E-state index is 0.499. The van der Waals surface area contributed by atoms with Crippen molar-refractivity contribution in [1.29, 1.82) is 0 Å². The maximum Gasteiger partial charge on any atom is 0.142 e. The molecular formula is C11H17NO. The Hall–Kier alpha value is -1.44. The number of hydrogen-bond donors (Lipinski definition) is 1. The summed E-state index contributed by atoms with van der Waals surface area (Å²) in [6.45, 7) is 15.5. The van der Waals surface area contributed by atoms with Gasteiger partial charge < -0.3 is 10.1 Å². The molecule has 0 aromatic heterocycles. The van der Waals surface area contributed by atoms with Crippen molar-refractivity contribution in [2.24, 2.45) is 0 Å². The van der Waals surface area contributed by atoms with Gasteiger partial charge in [-0.25, -0.2) is 0 Å². The van der Waals surface area contributed by atoms with E-state index in [1.807, 2.05) is 13.8 Å². The molecule has 0 saturated carbocycles. The first-order chi connectivity index (χ1) is 6.27. The smallest absolute Gasteiger partial charge is 0.142 e. The fourth-order valence-corrected chi connectivity index (χ4v) is 0.851. The molecule has 0 atom stereocenters. The summed E-state index contributed by atoms with van der Waals surface area (Å²) in [6, 6.07) is 0. The quantitative estimate of drug-likeness (QED) is 0.703. The van der Waals surface area contributed by atoms with Crippen LogP contribution in [0.2, 0.25) is 0 Å². The molecule has 1 rings (SSSR count). The maximum atomic E-state index is 5.27. The Bertz CT molecular complexity index is 238. The van der Waals surface area contributed by atoms with Crippen LogP contribution in [0.5, 0.6) is 0 Å². The summed E-state index contributed by atoms with van der Waals surface area (Å²) in [4.78, 5) is 0. The van der Waals surface area contributed by atoms with Crippen LogP contribution in [0.15, 0.2) is 49.0 Å². The van der Waals surface area contributed by atoms with Gasteiger partial charge in [0, 0.05) is 5.70 Å². The molecule has 1 heterocycles. The minimum absolute atomic E-state index is 0.499. The van der Waals surface area contributed by atoms with Gasteiger partial charge in [0.15, 0.2) is 0 Å². The van der Waals surface area contributed by atoms with Gasteiger partial charge in [0.05, 0.1) is 5.70 Å². The Labute approximate surface area is 80.3 Å². The van der Waals surface area contributed by atoms with Crippen molar-refractivity contribution in [1.82, 2.24) is 5.32 Å². The summed E-state index contributed by atoms with van der Waals surface area (Å²) in [7, 11) is 0. The van der Waals surface area contributed by atoms with Crippen LogP contribution in [0.1, 0.15) is 13.8 Å². The summed E-state index contributed by atoms with van der Waals surface area (Å²) in [5.41, 5.74) is 1.67. The molecule has 72 valence electrons. The average Bonchev–Trinajstić information content (AvgIpc) is 2.20. The topological polar surface area (TPSA) is 21.3 Å². The zero-order valence-corrected chi connectivity index (χ0v) is 8.39. The zero-order chi connectivity index (χ0) is 10.3. The van der Waals surface area contributed by atoms with Crippen LogP contribution in [-0.4, -0.2) is 6.61 Å². The molecule has 1 N–H and O–H groups in total. The second kappa shape index (κ2) is 6.12. The molecule has 0 unspecified atom stereocenters. The van der Waals surface area contributed by atoms with Crippen LogP contribution < -0.4 is 5.32 Å². The first-order valence-corrected chi connectivity index (χ1v) is 4.34. The monoisotopic (exact) mass is 179 g/mol. The van der Waals surface area contributed by atoms with Crippen LogP contribution in [0.3, 0.4) is 0 Å². The molecule has 0 fully saturated rings. The van der Waals surface area contributed by atoms with E-state index < -0.39 is 0 Å². The van der Waals surface area contributed by atoms with Gasteiger partial charge in [0.2, 0.25) is 0 Å². The van der Waals surface area contributed by atoms with Gasteiger partial charge in [-0.15, -0.1) is 0 Å². The van der Waals surface area contributed by atoms with Gasteiger partial charge in [-0.3, -0.25) is 0 Å². The first kappa shape index (κ1) is 11.6. The van der Waals surface area contributed by atoms with Crippen LogP contribution in [0.25, 0.3) is 0 Å². The molecule has 0 aromatic rings. The Kier molecular flexibility index (Phi) is 5.44. The van der Waals surface area contributed by atoms with Crippen LogP contribution in [0, 0.1) is 0 Å². The molecule has 0 bridgehead atoms. The molecule has 0 aromatic carbocycles. The van der Waals surface area contributed by atoms with E-state index in [4.69, 9.17) is 4.74 Å². The molecule has 13 heavy (non-hydrogen) atoms. The molecule has 2 nitrogen and oxygen atoms in total. The third-order valence-electron chi connectivity index (χ3n) is 1.37. The molecule has 0 radical (unpaired) electrons. The highest BCUT2D eigenvalue weighted by molar-refractivity contribution is 5.30. The Morgan fingerprint density at radius 1 is 1.31 bits per heavy atom. The number of ether oxygens (including phenoxy) is 1. The standard InChI is InChI=1S/C9H11NO.C2H6/c1-4-8-9(5-2)11-6-7(3)10-8;1-2/h4-5,10H,1-3,6H2;1-2H3. The van der Waals surface area contributed by atoms with Gasteiger partial charge in [-0.05, 0) is 12.2 Å². The van der Waals surface area contributed by atoms with Gasteiger partial charge in [0.25, 0.3) is 0 Å². The fraction of sp³-hybridized carbons (Fsp3) is 0.273. The van der Waals surface area contributed by atoms with Gasteiger partial charge in [-0.1, -0.05) is 33.6 Å². The largest absolute Gasteiger partial charge is 0.485 e. The third kappa shape index (κ3) is 3.20. The molecular weight excluding hydrogens is 162 g/mol. The van der Waals surface area contributed by atoms with Crippen molar-refractivity contribution >= 4 is 0 Å². The molecule has 0 amide bonds. The highest BCUT2D eigenvalue weighted by Gasteiger charge is 2.09. The second-order valence-corrected chi connectivity index (χ2v) is 2.20. The summed E-state index contributed by atoms with van der Waals surface area (Å²) in [5, 5.41) is 3.04. The lowest BCUT2D eigenvalue weighted by Crippen LogP contribution is -2.22. The predicted octanol–water partition coefficient (Wildman–Crippen LogP) is 2.73. The summed E-state index contributed by atoms with van der Waals surface area (Å²) >= 11 is 0. The molecule has 0 saturated heterocycles. The average molecular weight is 179 g/mol. The number of allylic oxidation sites excluding steroid dienone is 2. The fourth-order valence-electron chi connectivity index (χ4n) is 0.851. The summed E-state index contributed by atoms with van der Waals surface area (Å²) in [5.74, 6) is 0.729. The van der Waals surface area contributed by atoms with E-state index in [0.717, 1.165) is 17.2 Å². The van der Waals surface area contributed by atoms with E-state index >= 15 is 0 Å². The zero-order valence-electron chi connectivity index (χ0n) is 8.39. The van der Waals surface area contributed by atoms with Crippen LogP contribution >= 0.6 is 0 Å². The van der Waals surface area contributed by atoms with Crippen molar-refractivity contribution in [2.45, 2.75) is 13.8 Å². The summed E-state index contributed by atoms with van der Waals surface area (Å²) < 4.78 is 5.27. The van der Waals surface area contributed by atoms with Gasteiger partial charge in [-0.2, -0.15) is 0 Å². The van der Waals surface area contributed by atoms with Crippen molar-refractivity contribution < 1.29 is 4.74 Å². The van der Waals surface area contributed by atoms with Gasteiger partial charge >= 0.3 is 0 Å². The normalized spacial score (nSPS) is 14.8. The lowest BCUT2D eigenvalue weighted by molar-refractivity contribution is 0.231. The third-order valence-corrected chi connectivity index (χ3v) is 1.37. The van der Waals surface area contributed by atoms with E-state index in [2.05, 4.69) is 25.1 Å². The predicted molar refractivity (Wildman–Crippen MR) is 57.0 cm³/mol. The van der Waals surface area contributed by atoms with Crippen molar-refractivity contribution in [3.8, 4) is 0 Å². The number of rotatable bonds is 2. The van der Waals surface area contributed by atoms with E-state index in [1.165, 1.54) is 0 Å². The van der Waals surface area contributed by atoms with Gasteiger partial charge in [0.1, 0.15) is 12.4 Å². The number of nitrogens with one attached hydrogen (secondary N) is 1. The molecule has 0 spiro atoms. The molecule has 1 aliphatic rings. The van der Waals surface area contributed by atoms with E-state index in [-0.39, 0.29) is 0 Å². The lowest BCUT2D eigenvalue weighted by atomic mass is 10.3.